The third-order valence-electron chi connectivity index (χ3n) is 5.82. The monoisotopic (exact) mass is 497 g/mol. The molecule has 188 valence electrons. The zero-order chi connectivity index (χ0) is 25.4. The smallest absolute Gasteiger partial charge is 0.445 e. The van der Waals surface area contributed by atoms with Gasteiger partial charge in [-0.2, -0.15) is 5.10 Å². The molecule has 0 bridgehead atoms. The number of aromatic nitrogens is 2. The van der Waals surface area contributed by atoms with E-state index in [9.17, 15) is 14.8 Å². The first-order chi connectivity index (χ1) is 16.7. The van der Waals surface area contributed by atoms with Crippen molar-refractivity contribution in [1.29, 1.82) is 0 Å². The number of ether oxygens (including phenoxy) is 2. The summed E-state index contributed by atoms with van der Waals surface area (Å²) in [5.41, 5.74) is 2.91. The van der Waals surface area contributed by atoms with Gasteiger partial charge in [0.05, 0.1) is 5.52 Å². The lowest BCUT2D eigenvalue weighted by Gasteiger charge is -2.18. The quantitative estimate of drug-likeness (QED) is 0.295. The Hall–Kier alpha value is -2.66. The van der Waals surface area contributed by atoms with E-state index in [1.807, 2.05) is 36.4 Å². The second-order valence-electron chi connectivity index (χ2n) is 9.97. The average Bonchev–Trinajstić information content (AvgIpc) is 3.17. The van der Waals surface area contributed by atoms with Crippen molar-refractivity contribution < 1.29 is 24.3 Å². The van der Waals surface area contributed by atoms with Gasteiger partial charge < -0.3 is 24.4 Å². The topological polar surface area (TPSA) is 97.0 Å². The largest absolute Gasteiger partial charge is 0.489 e. The standard InChI is InChI=1S/C25H36BN3O5Si/c1-28(25(30)34-18-20-10-6-5-7-11-20)15-9-14-23-24-21(26(31)32)12-8-13-22(24)27-29(23)19-33-16-17-35(2,3)4/h5-8,10-13,31-32H,9,14-19H2,1-4H3. The molecular formula is C25H36BN3O5Si. The van der Waals surface area contributed by atoms with E-state index in [0.717, 1.165) is 22.7 Å². The first-order valence-electron chi connectivity index (χ1n) is 12.0. The molecule has 8 nitrogen and oxygen atoms in total. The molecule has 0 aliphatic carbocycles. The molecule has 0 saturated carbocycles. The number of hydrogen-bond acceptors (Lipinski definition) is 6. The van der Waals surface area contributed by atoms with E-state index < -0.39 is 15.2 Å². The van der Waals surface area contributed by atoms with Crippen molar-refractivity contribution >= 4 is 37.7 Å². The summed E-state index contributed by atoms with van der Waals surface area (Å²) in [5.74, 6) is 0. The van der Waals surface area contributed by atoms with Crippen LogP contribution in [0.3, 0.4) is 0 Å². The lowest BCUT2D eigenvalue weighted by molar-refractivity contribution is 0.0767. The third-order valence-corrected chi connectivity index (χ3v) is 7.52. The highest BCUT2D eigenvalue weighted by Gasteiger charge is 2.22. The molecule has 0 unspecified atom stereocenters. The number of aryl methyl sites for hydroxylation is 1. The Morgan fingerprint density at radius 3 is 2.54 bits per heavy atom. The summed E-state index contributed by atoms with van der Waals surface area (Å²) in [6.45, 7) is 8.59. The van der Waals surface area contributed by atoms with Gasteiger partial charge in [0.1, 0.15) is 13.3 Å². The van der Waals surface area contributed by atoms with Crippen molar-refractivity contribution in [2.45, 2.75) is 51.9 Å². The highest BCUT2D eigenvalue weighted by atomic mass is 28.3. The minimum Gasteiger partial charge on any atom is -0.445 e. The minimum atomic E-state index is -1.60. The normalized spacial score (nSPS) is 11.6. The van der Waals surface area contributed by atoms with Crippen molar-refractivity contribution in [2.24, 2.45) is 0 Å². The van der Waals surface area contributed by atoms with Crippen molar-refractivity contribution in [1.82, 2.24) is 14.7 Å². The third kappa shape index (κ3) is 7.93. The molecule has 0 atom stereocenters. The Bertz CT molecular complexity index is 1100. The number of rotatable bonds is 12. The molecule has 0 fully saturated rings. The summed E-state index contributed by atoms with van der Waals surface area (Å²) >= 11 is 0. The van der Waals surface area contributed by atoms with Gasteiger partial charge in [0.25, 0.3) is 0 Å². The first-order valence-corrected chi connectivity index (χ1v) is 15.7. The van der Waals surface area contributed by atoms with Gasteiger partial charge in [0.2, 0.25) is 0 Å². The molecule has 3 rings (SSSR count). The molecule has 1 aromatic heterocycles. The fourth-order valence-electron chi connectivity index (χ4n) is 3.78. The molecular weight excluding hydrogens is 461 g/mol. The van der Waals surface area contributed by atoms with Crippen LogP contribution >= 0.6 is 0 Å². The predicted octanol–water partition coefficient (Wildman–Crippen LogP) is 3.23. The number of benzene rings is 2. The maximum atomic E-state index is 12.4. The summed E-state index contributed by atoms with van der Waals surface area (Å²) in [6.07, 6.45) is 0.865. The molecule has 35 heavy (non-hydrogen) atoms. The summed E-state index contributed by atoms with van der Waals surface area (Å²) in [5, 5.41) is 25.2. The van der Waals surface area contributed by atoms with Crippen LogP contribution in [0.15, 0.2) is 48.5 Å². The second-order valence-corrected chi connectivity index (χ2v) is 15.6. The number of amides is 1. The van der Waals surface area contributed by atoms with Crippen LogP contribution in [-0.4, -0.2) is 66.2 Å². The van der Waals surface area contributed by atoms with Gasteiger partial charge in [-0.1, -0.05) is 62.1 Å². The van der Waals surface area contributed by atoms with Gasteiger partial charge >= 0.3 is 13.2 Å². The number of nitrogens with zero attached hydrogens (tertiary/aromatic N) is 3. The van der Waals surface area contributed by atoms with Gasteiger partial charge in [0, 0.05) is 39.4 Å². The number of fused-ring (bicyclic) bond motifs is 1. The Morgan fingerprint density at radius 1 is 1.11 bits per heavy atom. The van der Waals surface area contributed by atoms with Gasteiger partial charge in [-0.15, -0.1) is 0 Å². The molecule has 0 aliphatic rings. The highest BCUT2D eigenvalue weighted by Crippen LogP contribution is 2.20. The first kappa shape index (κ1) is 26.9. The van der Waals surface area contributed by atoms with E-state index in [1.165, 1.54) is 0 Å². The zero-order valence-corrected chi connectivity index (χ0v) is 22.1. The number of hydrogen-bond donors (Lipinski definition) is 2. The van der Waals surface area contributed by atoms with Gasteiger partial charge in [-0.3, -0.25) is 0 Å². The molecule has 10 heteroatoms. The minimum absolute atomic E-state index is 0.230. The Morgan fingerprint density at radius 2 is 1.86 bits per heavy atom. The Labute approximate surface area is 208 Å². The second kappa shape index (κ2) is 12.3. The Kier molecular flexibility index (Phi) is 9.50. The molecule has 0 spiro atoms. The molecule has 3 aromatic rings. The van der Waals surface area contributed by atoms with Gasteiger partial charge in [-0.25, -0.2) is 9.48 Å². The maximum absolute atomic E-state index is 12.4. The predicted molar refractivity (Wildman–Crippen MR) is 141 cm³/mol. The molecule has 1 heterocycles. The van der Waals surface area contributed by atoms with Crippen LogP contribution in [0.1, 0.15) is 17.7 Å². The van der Waals surface area contributed by atoms with Crippen molar-refractivity contribution in [3.05, 3.63) is 59.8 Å². The van der Waals surface area contributed by atoms with E-state index in [0.29, 0.717) is 43.7 Å². The molecule has 2 N–H and O–H groups in total. The summed E-state index contributed by atoms with van der Waals surface area (Å²) < 4.78 is 13.1. The highest BCUT2D eigenvalue weighted by molar-refractivity contribution is 6.76. The zero-order valence-electron chi connectivity index (χ0n) is 21.1. The lowest BCUT2D eigenvalue weighted by Crippen LogP contribution is -2.31. The van der Waals surface area contributed by atoms with Crippen molar-refractivity contribution in [2.75, 3.05) is 20.2 Å². The van der Waals surface area contributed by atoms with Crippen LogP contribution in [0, 0.1) is 0 Å². The lowest BCUT2D eigenvalue weighted by atomic mass is 9.77. The number of carbonyl (C=O) groups excluding carboxylic acids is 1. The van der Waals surface area contributed by atoms with Crippen LogP contribution < -0.4 is 5.46 Å². The average molecular weight is 497 g/mol. The van der Waals surface area contributed by atoms with E-state index in [-0.39, 0.29) is 12.7 Å². The Balaban J connectivity index is 1.65. The van der Waals surface area contributed by atoms with E-state index in [4.69, 9.17) is 9.47 Å². The number of carbonyl (C=O) groups is 1. The van der Waals surface area contributed by atoms with E-state index >= 15 is 0 Å². The SMILES string of the molecule is CN(CCCc1c2c(B(O)O)cccc2nn1COCC[Si](C)(C)C)C(=O)OCc1ccccc1. The maximum Gasteiger partial charge on any atom is 0.489 e. The van der Waals surface area contributed by atoms with Gasteiger partial charge in [-0.05, 0) is 36.0 Å². The summed E-state index contributed by atoms with van der Waals surface area (Å²) in [4.78, 5) is 13.9. The fourth-order valence-corrected chi connectivity index (χ4v) is 4.54. The van der Waals surface area contributed by atoms with E-state index in [1.54, 1.807) is 28.8 Å². The van der Waals surface area contributed by atoms with E-state index in [2.05, 4.69) is 24.7 Å². The molecule has 0 radical (unpaired) electrons. The molecule has 2 aromatic carbocycles. The van der Waals surface area contributed by atoms with Crippen LogP contribution in [0.5, 0.6) is 0 Å². The van der Waals surface area contributed by atoms with Gasteiger partial charge in [0.15, 0.2) is 0 Å². The van der Waals surface area contributed by atoms with Crippen LogP contribution in [-0.2, 0) is 29.2 Å². The van der Waals surface area contributed by atoms with Crippen LogP contribution in [0.4, 0.5) is 4.79 Å². The fraction of sp³-hybridized carbons (Fsp3) is 0.440. The van der Waals surface area contributed by atoms with Crippen LogP contribution in [0.25, 0.3) is 10.9 Å². The molecule has 1 amide bonds. The molecule has 0 saturated heterocycles. The van der Waals surface area contributed by atoms with Crippen LogP contribution in [0.2, 0.25) is 25.7 Å². The van der Waals surface area contributed by atoms with Crippen molar-refractivity contribution in [3.63, 3.8) is 0 Å². The summed E-state index contributed by atoms with van der Waals surface area (Å²) in [6, 6.07) is 15.9. The summed E-state index contributed by atoms with van der Waals surface area (Å²) in [7, 11) is -1.09. The molecule has 0 aliphatic heterocycles. The van der Waals surface area contributed by atoms with Crippen molar-refractivity contribution in [3.8, 4) is 0 Å².